The van der Waals surface area contributed by atoms with Gasteiger partial charge in [-0.1, -0.05) is 25.7 Å². The Kier molecular flexibility index (Phi) is 5.00. The average molecular weight is 281 g/mol. The molecule has 1 atom stereocenters. The van der Waals surface area contributed by atoms with Crippen LogP contribution in [0.3, 0.4) is 0 Å². The summed E-state index contributed by atoms with van der Waals surface area (Å²) >= 11 is 0. The van der Waals surface area contributed by atoms with Crippen molar-refractivity contribution >= 4 is 0 Å². The molecule has 1 fully saturated rings. The second kappa shape index (κ2) is 6.55. The van der Waals surface area contributed by atoms with Crippen LogP contribution in [0.2, 0.25) is 0 Å². The Morgan fingerprint density at radius 2 is 1.90 bits per heavy atom. The van der Waals surface area contributed by atoms with Crippen LogP contribution in [-0.2, 0) is 0 Å². The third-order valence-corrected chi connectivity index (χ3v) is 4.23. The molecule has 20 heavy (non-hydrogen) atoms. The molecule has 0 amide bonds. The Labute approximate surface area is 119 Å². The van der Waals surface area contributed by atoms with Crippen molar-refractivity contribution in [2.45, 2.75) is 57.1 Å². The summed E-state index contributed by atoms with van der Waals surface area (Å²) in [6.07, 6.45) is 6.09. The second-order valence-corrected chi connectivity index (χ2v) is 5.94. The van der Waals surface area contributed by atoms with Crippen LogP contribution in [0.5, 0.6) is 5.75 Å². The maximum atomic E-state index is 13.2. The molecule has 0 bridgehead atoms. The van der Waals surface area contributed by atoms with E-state index in [1.807, 2.05) is 6.92 Å². The van der Waals surface area contributed by atoms with Crippen molar-refractivity contribution in [3.8, 4) is 5.75 Å². The van der Waals surface area contributed by atoms with Gasteiger partial charge in [0.05, 0.1) is 5.60 Å². The van der Waals surface area contributed by atoms with Crippen LogP contribution in [0, 0.1) is 5.82 Å². The predicted octanol–water partition coefficient (Wildman–Crippen LogP) is 3.27. The fourth-order valence-electron chi connectivity index (χ4n) is 2.89. The highest BCUT2D eigenvalue weighted by atomic mass is 19.1. The first-order valence-corrected chi connectivity index (χ1v) is 7.44. The largest absolute Gasteiger partial charge is 0.508 e. The number of nitrogens with one attached hydrogen (secondary N) is 1. The van der Waals surface area contributed by atoms with E-state index < -0.39 is 5.60 Å². The number of halogens is 1. The third-order valence-electron chi connectivity index (χ3n) is 4.23. The van der Waals surface area contributed by atoms with Gasteiger partial charge >= 0.3 is 0 Å². The Morgan fingerprint density at radius 1 is 1.25 bits per heavy atom. The minimum absolute atomic E-state index is 0.0826. The minimum Gasteiger partial charge on any atom is -0.508 e. The van der Waals surface area contributed by atoms with E-state index in [0.29, 0.717) is 12.1 Å². The van der Waals surface area contributed by atoms with Crippen molar-refractivity contribution < 1.29 is 14.6 Å². The van der Waals surface area contributed by atoms with E-state index in [-0.39, 0.29) is 17.6 Å². The number of phenolic OH excluding ortho intramolecular Hbond substituents is 1. The molecule has 0 heterocycles. The zero-order valence-corrected chi connectivity index (χ0v) is 12.0. The van der Waals surface area contributed by atoms with E-state index in [2.05, 4.69) is 5.32 Å². The molecular formula is C16H24FNO2. The molecule has 112 valence electrons. The summed E-state index contributed by atoms with van der Waals surface area (Å²) in [5.41, 5.74) is -0.143. The quantitative estimate of drug-likeness (QED) is 0.742. The predicted molar refractivity (Wildman–Crippen MR) is 77.1 cm³/mol. The first-order chi connectivity index (χ1) is 9.50. The van der Waals surface area contributed by atoms with Crippen LogP contribution in [-0.4, -0.2) is 22.4 Å². The standard InChI is InChI=1S/C16H24FNO2/c1-12(14-10-13(17)6-7-15(14)19)18-11-16(20)8-4-2-3-5-9-16/h6-7,10,12,18-20H,2-5,8-9,11H2,1H3. The molecule has 0 aromatic heterocycles. The molecule has 1 aromatic rings. The van der Waals surface area contributed by atoms with E-state index in [1.54, 1.807) is 0 Å². The van der Waals surface area contributed by atoms with Crippen LogP contribution in [0.1, 0.15) is 57.1 Å². The summed E-state index contributed by atoms with van der Waals surface area (Å²) in [6.45, 7) is 2.35. The zero-order valence-electron chi connectivity index (χ0n) is 12.0. The number of aliphatic hydroxyl groups is 1. The summed E-state index contributed by atoms with van der Waals surface area (Å²) < 4.78 is 13.2. The maximum absolute atomic E-state index is 13.2. The van der Waals surface area contributed by atoms with Crippen molar-refractivity contribution in [1.82, 2.24) is 5.32 Å². The molecule has 1 aromatic carbocycles. The van der Waals surface area contributed by atoms with E-state index in [0.717, 1.165) is 25.7 Å². The molecule has 4 heteroatoms. The van der Waals surface area contributed by atoms with Crippen LogP contribution in [0.15, 0.2) is 18.2 Å². The number of hydrogen-bond donors (Lipinski definition) is 3. The molecule has 0 spiro atoms. The topological polar surface area (TPSA) is 52.5 Å². The molecule has 0 aliphatic heterocycles. The number of hydrogen-bond acceptors (Lipinski definition) is 3. The number of benzene rings is 1. The molecule has 3 nitrogen and oxygen atoms in total. The van der Waals surface area contributed by atoms with Gasteiger partial charge in [-0.15, -0.1) is 0 Å². The summed E-state index contributed by atoms with van der Waals surface area (Å²) in [5.74, 6) is -0.279. The summed E-state index contributed by atoms with van der Waals surface area (Å²) in [4.78, 5) is 0. The SMILES string of the molecule is CC(NCC1(O)CCCCCC1)c1cc(F)ccc1O. The van der Waals surface area contributed by atoms with Crippen LogP contribution in [0.25, 0.3) is 0 Å². The first-order valence-electron chi connectivity index (χ1n) is 7.44. The van der Waals surface area contributed by atoms with Crippen LogP contribution < -0.4 is 5.32 Å². The lowest BCUT2D eigenvalue weighted by Gasteiger charge is -2.29. The highest BCUT2D eigenvalue weighted by Gasteiger charge is 2.28. The fraction of sp³-hybridized carbons (Fsp3) is 0.625. The van der Waals surface area contributed by atoms with Crippen molar-refractivity contribution in [1.29, 1.82) is 0 Å². The van der Waals surface area contributed by atoms with Gasteiger partial charge in [-0.2, -0.15) is 0 Å². The summed E-state index contributed by atoms with van der Waals surface area (Å²) in [6, 6.07) is 3.75. The lowest BCUT2D eigenvalue weighted by molar-refractivity contribution is 0.0231. The van der Waals surface area contributed by atoms with Crippen molar-refractivity contribution in [3.05, 3.63) is 29.6 Å². The number of aromatic hydroxyl groups is 1. The van der Waals surface area contributed by atoms with Gasteiger partial charge in [-0.3, -0.25) is 0 Å². The molecule has 1 unspecified atom stereocenters. The minimum atomic E-state index is -0.673. The molecule has 2 rings (SSSR count). The van der Waals surface area contributed by atoms with Gasteiger partial charge in [0.15, 0.2) is 0 Å². The van der Waals surface area contributed by atoms with Crippen LogP contribution in [0.4, 0.5) is 4.39 Å². The number of phenols is 1. The Hall–Kier alpha value is -1.13. The third kappa shape index (κ3) is 3.93. The van der Waals surface area contributed by atoms with Crippen molar-refractivity contribution in [2.75, 3.05) is 6.54 Å². The highest BCUT2D eigenvalue weighted by Crippen LogP contribution is 2.29. The van der Waals surface area contributed by atoms with Gasteiger partial charge in [-0.05, 0) is 38.0 Å². The summed E-state index contributed by atoms with van der Waals surface area (Å²) in [5, 5.41) is 23.6. The molecule has 0 saturated heterocycles. The van der Waals surface area contributed by atoms with Crippen LogP contribution >= 0.6 is 0 Å². The molecule has 1 saturated carbocycles. The smallest absolute Gasteiger partial charge is 0.123 e. The maximum Gasteiger partial charge on any atom is 0.123 e. The van der Waals surface area contributed by atoms with Crippen molar-refractivity contribution in [3.63, 3.8) is 0 Å². The van der Waals surface area contributed by atoms with E-state index in [4.69, 9.17) is 0 Å². The summed E-state index contributed by atoms with van der Waals surface area (Å²) in [7, 11) is 0. The monoisotopic (exact) mass is 281 g/mol. The molecular weight excluding hydrogens is 257 g/mol. The van der Waals surface area contributed by atoms with E-state index in [9.17, 15) is 14.6 Å². The van der Waals surface area contributed by atoms with Gasteiger partial charge in [-0.25, -0.2) is 4.39 Å². The van der Waals surface area contributed by atoms with E-state index >= 15 is 0 Å². The van der Waals surface area contributed by atoms with Gasteiger partial charge in [0.2, 0.25) is 0 Å². The molecule has 1 aliphatic rings. The lowest BCUT2D eigenvalue weighted by atomic mass is 9.94. The zero-order chi connectivity index (χ0) is 14.6. The van der Waals surface area contributed by atoms with E-state index in [1.165, 1.54) is 31.0 Å². The lowest BCUT2D eigenvalue weighted by Crippen LogP contribution is -2.41. The van der Waals surface area contributed by atoms with Gasteiger partial charge in [0.25, 0.3) is 0 Å². The van der Waals surface area contributed by atoms with Gasteiger partial charge < -0.3 is 15.5 Å². The molecule has 0 radical (unpaired) electrons. The van der Waals surface area contributed by atoms with Gasteiger partial charge in [0.1, 0.15) is 11.6 Å². The average Bonchev–Trinajstić information content (AvgIpc) is 2.64. The molecule has 3 N–H and O–H groups in total. The van der Waals surface area contributed by atoms with Crippen molar-refractivity contribution in [2.24, 2.45) is 0 Å². The fourth-order valence-corrected chi connectivity index (χ4v) is 2.89. The Morgan fingerprint density at radius 3 is 2.55 bits per heavy atom. The Balaban J connectivity index is 1.97. The molecule has 1 aliphatic carbocycles. The Bertz CT molecular complexity index is 442. The highest BCUT2D eigenvalue weighted by molar-refractivity contribution is 5.34. The number of rotatable bonds is 4. The first kappa shape index (κ1) is 15.3. The normalized spacial score (nSPS) is 20.4. The van der Waals surface area contributed by atoms with Gasteiger partial charge in [0, 0.05) is 18.2 Å². The second-order valence-electron chi connectivity index (χ2n) is 5.94.